The molecule has 3 amide bonds. The molecule has 2 N–H and O–H groups in total. The maximum absolute atomic E-state index is 13.9. The first-order valence-electron chi connectivity index (χ1n) is 10.6. The highest BCUT2D eigenvalue weighted by Crippen LogP contribution is 2.54. The summed E-state index contributed by atoms with van der Waals surface area (Å²) in [6.45, 7) is 1.53. The van der Waals surface area contributed by atoms with Crippen LogP contribution in [0, 0.1) is 28.9 Å². The van der Waals surface area contributed by atoms with E-state index in [9.17, 15) is 24.5 Å². The Kier molecular flexibility index (Phi) is 5.02. The standard InChI is InChI=1S/C23H22N4O5S/c1-12-16(8-5-9-17(12)27(31)32)26-20(28)18-15(10-11-33-2)25-23(19(18)21(26)29)13-6-3-4-7-14(13)24-22(23)30/h3-9,15,18-19,25H,10-11H2,1-2H3,(H,24,30)/t15-,18+,19+,23-/m1/s1. The van der Waals surface area contributed by atoms with E-state index < -0.39 is 34.1 Å². The number of hydrogen-bond donors (Lipinski definition) is 2. The second-order valence-electron chi connectivity index (χ2n) is 8.53. The Balaban J connectivity index is 1.66. The summed E-state index contributed by atoms with van der Waals surface area (Å²) in [5, 5.41) is 17.7. The van der Waals surface area contributed by atoms with Crippen molar-refractivity contribution in [1.29, 1.82) is 0 Å². The Labute approximate surface area is 194 Å². The third-order valence-corrected chi connectivity index (χ3v) is 7.61. The van der Waals surface area contributed by atoms with Crippen LogP contribution in [-0.2, 0) is 19.9 Å². The van der Waals surface area contributed by atoms with Crippen molar-refractivity contribution in [3.05, 3.63) is 63.7 Å². The zero-order valence-corrected chi connectivity index (χ0v) is 18.8. The van der Waals surface area contributed by atoms with Crippen molar-refractivity contribution < 1.29 is 19.3 Å². The molecule has 2 fully saturated rings. The Morgan fingerprint density at radius 3 is 2.61 bits per heavy atom. The van der Waals surface area contributed by atoms with Crippen LogP contribution in [0.25, 0.3) is 0 Å². The normalized spacial score (nSPS) is 27.8. The molecule has 33 heavy (non-hydrogen) atoms. The Morgan fingerprint density at radius 1 is 1.12 bits per heavy atom. The summed E-state index contributed by atoms with van der Waals surface area (Å²) < 4.78 is 0. The molecule has 5 rings (SSSR count). The van der Waals surface area contributed by atoms with Crippen molar-refractivity contribution in [3.8, 4) is 0 Å². The average molecular weight is 467 g/mol. The summed E-state index contributed by atoms with van der Waals surface area (Å²) in [6, 6.07) is 11.1. The number of amides is 3. The minimum Gasteiger partial charge on any atom is -0.324 e. The van der Waals surface area contributed by atoms with Crippen LogP contribution in [0.4, 0.5) is 17.1 Å². The second-order valence-corrected chi connectivity index (χ2v) is 9.52. The number of rotatable bonds is 5. The molecule has 0 radical (unpaired) electrons. The fraction of sp³-hybridized carbons (Fsp3) is 0.348. The van der Waals surface area contributed by atoms with Gasteiger partial charge in [-0.1, -0.05) is 24.3 Å². The largest absolute Gasteiger partial charge is 0.324 e. The number of nitro groups is 1. The first kappa shape index (κ1) is 21.6. The lowest BCUT2D eigenvalue weighted by Gasteiger charge is -2.29. The summed E-state index contributed by atoms with van der Waals surface area (Å²) in [4.78, 5) is 52.9. The van der Waals surface area contributed by atoms with Crippen LogP contribution in [0.5, 0.6) is 0 Å². The van der Waals surface area contributed by atoms with Gasteiger partial charge in [0.05, 0.1) is 28.0 Å². The van der Waals surface area contributed by atoms with Gasteiger partial charge in [-0.15, -0.1) is 0 Å². The van der Waals surface area contributed by atoms with Crippen molar-refractivity contribution in [1.82, 2.24) is 5.32 Å². The van der Waals surface area contributed by atoms with Gasteiger partial charge in [0.1, 0.15) is 5.54 Å². The van der Waals surface area contributed by atoms with Gasteiger partial charge in [-0.3, -0.25) is 29.8 Å². The molecule has 1 spiro atoms. The first-order valence-corrected chi connectivity index (χ1v) is 12.0. The van der Waals surface area contributed by atoms with Gasteiger partial charge in [-0.05, 0) is 37.5 Å². The molecule has 0 saturated carbocycles. The highest BCUT2D eigenvalue weighted by Gasteiger charge is 2.70. The van der Waals surface area contributed by atoms with Crippen LogP contribution in [0.15, 0.2) is 42.5 Å². The molecule has 0 aliphatic carbocycles. The summed E-state index contributed by atoms with van der Waals surface area (Å²) >= 11 is 1.62. The number of fused-ring (bicyclic) bond motifs is 4. The van der Waals surface area contributed by atoms with Crippen LogP contribution in [0.3, 0.4) is 0 Å². The number of anilines is 2. The smallest absolute Gasteiger partial charge is 0.274 e. The van der Waals surface area contributed by atoms with Crippen LogP contribution in [0.2, 0.25) is 0 Å². The molecule has 2 aromatic carbocycles. The van der Waals surface area contributed by atoms with Gasteiger partial charge in [-0.2, -0.15) is 11.8 Å². The molecule has 2 saturated heterocycles. The van der Waals surface area contributed by atoms with Crippen LogP contribution < -0.4 is 15.5 Å². The Bertz CT molecular complexity index is 1220. The van der Waals surface area contributed by atoms with Crippen molar-refractivity contribution in [3.63, 3.8) is 0 Å². The lowest BCUT2D eigenvalue weighted by Crippen LogP contribution is -2.53. The molecule has 2 aromatic rings. The van der Waals surface area contributed by atoms with Gasteiger partial charge in [0.25, 0.3) is 5.69 Å². The van der Waals surface area contributed by atoms with Crippen LogP contribution in [-0.4, -0.2) is 40.7 Å². The van der Waals surface area contributed by atoms with Gasteiger partial charge in [0.15, 0.2) is 0 Å². The molecule has 3 aliphatic heterocycles. The summed E-state index contributed by atoms with van der Waals surface area (Å²) in [5.74, 6) is -2.25. The molecule has 0 aromatic heterocycles. The Hall–Kier alpha value is -3.24. The number of hydrogen-bond acceptors (Lipinski definition) is 7. The van der Waals surface area contributed by atoms with E-state index in [0.29, 0.717) is 17.7 Å². The summed E-state index contributed by atoms with van der Waals surface area (Å²) in [6.07, 6.45) is 2.56. The monoisotopic (exact) mass is 466 g/mol. The molecule has 170 valence electrons. The maximum Gasteiger partial charge on any atom is 0.274 e. The predicted octanol–water partition coefficient (Wildman–Crippen LogP) is 2.58. The third kappa shape index (κ3) is 2.87. The van der Waals surface area contributed by atoms with Gasteiger partial charge in [-0.25, -0.2) is 4.90 Å². The lowest BCUT2D eigenvalue weighted by molar-refractivity contribution is -0.385. The quantitative estimate of drug-likeness (QED) is 0.395. The van der Waals surface area contributed by atoms with E-state index in [1.54, 1.807) is 42.1 Å². The topological polar surface area (TPSA) is 122 Å². The molecule has 0 unspecified atom stereocenters. The fourth-order valence-corrected chi connectivity index (χ4v) is 6.03. The molecular formula is C23H22N4O5S. The molecule has 0 bridgehead atoms. The second kappa shape index (κ2) is 7.67. The number of nitrogens with zero attached hydrogens (tertiary/aromatic N) is 2. The number of nitrogens with one attached hydrogen (secondary N) is 2. The fourth-order valence-electron chi connectivity index (χ4n) is 5.54. The minimum atomic E-state index is -1.36. The minimum absolute atomic E-state index is 0.166. The van der Waals surface area contributed by atoms with Crippen molar-refractivity contribution in [2.75, 3.05) is 22.2 Å². The molecule has 4 atom stereocenters. The SMILES string of the molecule is CSCC[C@H]1N[C@@]2(C(=O)Nc3ccccc32)[C@@H]2C(=O)N(c3cccc([N+](=O)[O-])c3C)C(=O)[C@H]21. The van der Waals surface area contributed by atoms with Crippen molar-refractivity contribution in [2.24, 2.45) is 11.8 Å². The highest BCUT2D eigenvalue weighted by atomic mass is 32.2. The third-order valence-electron chi connectivity index (χ3n) is 6.97. The number of imide groups is 1. The highest BCUT2D eigenvalue weighted by molar-refractivity contribution is 7.98. The summed E-state index contributed by atoms with van der Waals surface area (Å²) in [5.41, 5.74) is 0.170. The zero-order chi connectivity index (χ0) is 23.5. The van der Waals surface area contributed by atoms with E-state index in [-0.39, 0.29) is 28.9 Å². The van der Waals surface area contributed by atoms with Crippen LogP contribution in [0.1, 0.15) is 17.5 Å². The molecule has 3 aliphatic rings. The first-order chi connectivity index (χ1) is 15.8. The molecular weight excluding hydrogens is 444 g/mol. The van der Waals surface area contributed by atoms with E-state index in [0.717, 1.165) is 10.7 Å². The maximum atomic E-state index is 13.9. The van der Waals surface area contributed by atoms with Gasteiger partial charge in [0.2, 0.25) is 17.7 Å². The summed E-state index contributed by atoms with van der Waals surface area (Å²) in [7, 11) is 0. The van der Waals surface area contributed by atoms with Gasteiger partial charge < -0.3 is 5.32 Å². The van der Waals surface area contributed by atoms with Crippen molar-refractivity contribution in [2.45, 2.75) is 24.9 Å². The lowest BCUT2D eigenvalue weighted by atomic mass is 9.76. The number of benzene rings is 2. The number of carbonyl (C=O) groups is 3. The predicted molar refractivity (Wildman–Crippen MR) is 124 cm³/mol. The number of para-hydroxylation sites is 1. The van der Waals surface area contributed by atoms with E-state index in [2.05, 4.69) is 10.6 Å². The van der Waals surface area contributed by atoms with Crippen LogP contribution >= 0.6 is 11.8 Å². The van der Waals surface area contributed by atoms with E-state index >= 15 is 0 Å². The molecule has 3 heterocycles. The number of thioether (sulfide) groups is 1. The van der Waals surface area contributed by atoms with Crippen molar-refractivity contribution >= 4 is 46.5 Å². The molecule has 10 heteroatoms. The molecule has 9 nitrogen and oxygen atoms in total. The van der Waals surface area contributed by atoms with Gasteiger partial charge in [0, 0.05) is 23.4 Å². The Morgan fingerprint density at radius 2 is 1.88 bits per heavy atom. The van der Waals surface area contributed by atoms with E-state index in [1.165, 1.54) is 19.1 Å². The zero-order valence-electron chi connectivity index (χ0n) is 18.0. The van der Waals surface area contributed by atoms with E-state index in [4.69, 9.17) is 0 Å². The van der Waals surface area contributed by atoms with Gasteiger partial charge >= 0.3 is 0 Å². The van der Waals surface area contributed by atoms with E-state index in [1.807, 2.05) is 6.26 Å². The average Bonchev–Trinajstić information content (AvgIpc) is 3.37. The number of nitro benzene ring substituents is 1. The number of carbonyl (C=O) groups excluding carboxylic acids is 3.